The zero-order chi connectivity index (χ0) is 22.5. The van der Waals surface area contributed by atoms with Gasteiger partial charge in [-0.2, -0.15) is 0 Å². The quantitative estimate of drug-likeness (QED) is 0.185. The summed E-state index contributed by atoms with van der Waals surface area (Å²) >= 11 is 0. The van der Waals surface area contributed by atoms with Crippen LogP contribution in [0.3, 0.4) is 0 Å². The van der Waals surface area contributed by atoms with E-state index in [2.05, 4.69) is 0 Å². The lowest BCUT2D eigenvalue weighted by Crippen LogP contribution is -2.22. The zero-order valence-electron chi connectivity index (χ0n) is 16.7. The molecule has 1 aromatic carbocycles. The zero-order valence-corrected chi connectivity index (χ0v) is 16.7. The van der Waals surface area contributed by atoms with Gasteiger partial charge in [0.2, 0.25) is 0 Å². The average Bonchev–Trinajstić information content (AvgIpc) is 3.26. The number of aliphatic hydroxyl groups excluding tert-OH is 1. The van der Waals surface area contributed by atoms with E-state index in [-0.39, 0.29) is 57.1 Å². The van der Waals surface area contributed by atoms with E-state index in [0.29, 0.717) is 24.2 Å². The Balaban J connectivity index is 1.49. The minimum Gasteiger partial charge on any atom is -0.461 e. The summed E-state index contributed by atoms with van der Waals surface area (Å²) in [5.41, 5.74) is 0.389. The summed E-state index contributed by atoms with van der Waals surface area (Å²) in [6, 6.07) is 4.21. The topological polar surface area (TPSA) is 156 Å². The molecule has 0 saturated carbocycles. The highest BCUT2D eigenvalue weighted by Gasteiger charge is 2.18. The second-order valence-electron chi connectivity index (χ2n) is 6.12. The SMILES string of the molecule is O=C(CCOCCOCCC(=O)ON1OCCO1)OCc1ccc(CO)c([N+](=O)[O-])c1. The molecule has 1 fully saturated rings. The van der Waals surface area contributed by atoms with E-state index in [0.717, 1.165) is 0 Å². The maximum absolute atomic E-state index is 11.7. The van der Waals surface area contributed by atoms with Gasteiger partial charge in [0.1, 0.15) is 25.2 Å². The van der Waals surface area contributed by atoms with Crippen molar-refractivity contribution in [3.05, 3.63) is 39.4 Å². The van der Waals surface area contributed by atoms with Gasteiger partial charge in [-0.25, -0.2) is 9.68 Å². The van der Waals surface area contributed by atoms with Crippen LogP contribution in [0.1, 0.15) is 24.0 Å². The summed E-state index contributed by atoms with van der Waals surface area (Å²) < 4.78 is 15.5. The fourth-order valence-electron chi connectivity index (χ4n) is 2.31. The Labute approximate surface area is 177 Å². The maximum Gasteiger partial charge on any atom is 0.333 e. The van der Waals surface area contributed by atoms with Gasteiger partial charge in [-0.1, -0.05) is 6.07 Å². The number of carbonyl (C=O) groups is 2. The van der Waals surface area contributed by atoms with Crippen molar-refractivity contribution in [3.8, 4) is 0 Å². The van der Waals surface area contributed by atoms with Gasteiger partial charge in [-0.15, -0.1) is 0 Å². The van der Waals surface area contributed by atoms with Crippen LogP contribution in [0.15, 0.2) is 18.2 Å². The smallest absolute Gasteiger partial charge is 0.333 e. The van der Waals surface area contributed by atoms with E-state index >= 15 is 0 Å². The van der Waals surface area contributed by atoms with Crippen LogP contribution < -0.4 is 0 Å². The van der Waals surface area contributed by atoms with Crippen molar-refractivity contribution in [1.82, 2.24) is 5.39 Å². The van der Waals surface area contributed by atoms with Crippen molar-refractivity contribution in [2.24, 2.45) is 0 Å². The first-order valence-electron chi connectivity index (χ1n) is 9.44. The molecule has 0 unspecified atom stereocenters. The number of hydrogen-bond acceptors (Lipinski definition) is 12. The van der Waals surface area contributed by atoms with E-state index in [1.807, 2.05) is 0 Å². The van der Waals surface area contributed by atoms with Crippen LogP contribution in [0.25, 0.3) is 0 Å². The Morgan fingerprint density at radius 2 is 1.71 bits per heavy atom. The van der Waals surface area contributed by atoms with Crippen molar-refractivity contribution in [3.63, 3.8) is 0 Å². The van der Waals surface area contributed by atoms with E-state index < -0.39 is 23.5 Å². The Kier molecular flexibility index (Phi) is 10.8. The van der Waals surface area contributed by atoms with Gasteiger partial charge < -0.3 is 24.2 Å². The standard InChI is InChI=1S/C18H24N2O11/c21-12-15-2-1-14(11-16(15)19(24)25)13-28-17(22)3-5-26-7-8-27-6-4-18(23)31-20-29-9-10-30-20/h1-2,11,21H,3-10,12-13H2. The molecule has 0 atom stereocenters. The van der Waals surface area contributed by atoms with Crippen LogP contribution in [0, 0.1) is 10.1 Å². The van der Waals surface area contributed by atoms with Gasteiger partial charge in [0.05, 0.1) is 56.4 Å². The summed E-state index contributed by atoms with van der Waals surface area (Å²) in [7, 11) is 0. The predicted octanol–water partition coefficient (Wildman–Crippen LogP) is 0.581. The van der Waals surface area contributed by atoms with Gasteiger partial charge in [0.25, 0.3) is 5.69 Å². The lowest BCUT2D eigenvalue weighted by Gasteiger charge is -2.10. The highest BCUT2D eigenvalue weighted by Crippen LogP contribution is 2.21. The highest BCUT2D eigenvalue weighted by molar-refractivity contribution is 5.69. The molecule has 0 bridgehead atoms. The van der Waals surface area contributed by atoms with Crippen molar-refractivity contribution in [1.29, 1.82) is 0 Å². The predicted molar refractivity (Wildman–Crippen MR) is 99.5 cm³/mol. The van der Waals surface area contributed by atoms with Gasteiger partial charge in [-0.3, -0.25) is 19.7 Å². The van der Waals surface area contributed by atoms with Crippen LogP contribution in [-0.4, -0.2) is 67.0 Å². The molecule has 0 aliphatic carbocycles. The number of esters is 1. The van der Waals surface area contributed by atoms with Gasteiger partial charge in [0, 0.05) is 6.07 Å². The largest absolute Gasteiger partial charge is 0.461 e. The van der Waals surface area contributed by atoms with E-state index in [4.69, 9.17) is 33.8 Å². The molecule has 13 nitrogen and oxygen atoms in total. The fourth-order valence-corrected chi connectivity index (χ4v) is 2.31. The molecule has 31 heavy (non-hydrogen) atoms. The number of hydrogen-bond donors (Lipinski definition) is 1. The fraction of sp³-hybridized carbons (Fsp3) is 0.556. The number of nitrogens with zero attached hydrogens (tertiary/aromatic N) is 2. The maximum atomic E-state index is 11.7. The monoisotopic (exact) mass is 444 g/mol. The van der Waals surface area contributed by atoms with Crippen LogP contribution in [-0.2, 0) is 51.5 Å². The van der Waals surface area contributed by atoms with E-state index in [1.54, 1.807) is 6.07 Å². The number of benzene rings is 1. The number of nitro groups is 1. The third kappa shape index (κ3) is 9.33. The lowest BCUT2D eigenvalue weighted by atomic mass is 10.1. The molecular weight excluding hydrogens is 420 g/mol. The summed E-state index contributed by atoms with van der Waals surface area (Å²) in [6.45, 7) is 0.720. The molecule has 1 aliphatic rings. The Morgan fingerprint density at radius 1 is 1.06 bits per heavy atom. The van der Waals surface area contributed by atoms with Crippen molar-refractivity contribution in [2.45, 2.75) is 26.1 Å². The van der Waals surface area contributed by atoms with Crippen molar-refractivity contribution in [2.75, 3.05) is 39.6 Å². The van der Waals surface area contributed by atoms with Gasteiger partial charge in [-0.05, 0) is 11.6 Å². The molecule has 0 amide bonds. The molecule has 1 N–H and O–H groups in total. The van der Waals surface area contributed by atoms with Crippen LogP contribution in [0.2, 0.25) is 0 Å². The Morgan fingerprint density at radius 3 is 2.32 bits per heavy atom. The average molecular weight is 444 g/mol. The minimum absolute atomic E-state index is 0.00101. The van der Waals surface area contributed by atoms with E-state index in [9.17, 15) is 19.7 Å². The number of rotatable bonds is 14. The van der Waals surface area contributed by atoms with Crippen molar-refractivity contribution >= 4 is 17.6 Å². The minimum atomic E-state index is -0.605. The second kappa shape index (κ2) is 13.6. The molecule has 1 heterocycles. The lowest BCUT2D eigenvalue weighted by molar-refractivity contribution is -0.460. The van der Waals surface area contributed by atoms with Crippen LogP contribution in [0.4, 0.5) is 5.69 Å². The normalized spacial score (nSPS) is 13.8. The third-order valence-electron chi connectivity index (χ3n) is 3.84. The molecule has 1 aromatic rings. The first kappa shape index (κ1) is 24.6. The number of carbonyl (C=O) groups excluding carboxylic acids is 2. The Hall–Kier alpha value is -2.68. The summed E-state index contributed by atoms with van der Waals surface area (Å²) in [4.78, 5) is 47.9. The molecule has 0 aromatic heterocycles. The second-order valence-corrected chi connectivity index (χ2v) is 6.12. The third-order valence-corrected chi connectivity index (χ3v) is 3.84. The highest BCUT2D eigenvalue weighted by atomic mass is 17.2. The summed E-state index contributed by atoms with van der Waals surface area (Å²) in [6.07, 6.45) is 0.00592. The molecule has 13 heteroatoms. The number of aliphatic hydroxyl groups is 1. The molecule has 0 radical (unpaired) electrons. The Bertz CT molecular complexity index is 737. The summed E-state index contributed by atoms with van der Waals surface area (Å²) in [5.74, 6) is -1.09. The molecular formula is C18H24N2O11. The molecule has 2 rings (SSSR count). The molecule has 1 saturated heterocycles. The molecule has 172 valence electrons. The molecule has 1 aliphatic heterocycles. The number of nitro benzene ring substituents is 1. The molecule has 0 spiro atoms. The first-order valence-corrected chi connectivity index (χ1v) is 9.44. The van der Waals surface area contributed by atoms with Gasteiger partial charge in [0.15, 0.2) is 0 Å². The van der Waals surface area contributed by atoms with E-state index in [1.165, 1.54) is 12.1 Å². The first-order chi connectivity index (χ1) is 15.0. The van der Waals surface area contributed by atoms with Crippen LogP contribution >= 0.6 is 0 Å². The van der Waals surface area contributed by atoms with Crippen LogP contribution in [0.5, 0.6) is 0 Å². The summed E-state index contributed by atoms with van der Waals surface area (Å²) in [5, 5.41) is 20.7. The number of ether oxygens (including phenoxy) is 3. The van der Waals surface area contributed by atoms with Crippen molar-refractivity contribution < 1.29 is 48.3 Å². The van der Waals surface area contributed by atoms with Gasteiger partial charge >= 0.3 is 11.9 Å².